The van der Waals surface area contributed by atoms with Crippen LogP contribution in [0.3, 0.4) is 0 Å². The zero-order valence-electron chi connectivity index (χ0n) is 17.2. The third-order valence-electron chi connectivity index (χ3n) is 5.06. The Labute approximate surface area is 181 Å². The smallest absolute Gasteiger partial charge is 0.270 e. The summed E-state index contributed by atoms with van der Waals surface area (Å²) in [6, 6.07) is 22.1. The van der Waals surface area contributed by atoms with Crippen LogP contribution >= 0.6 is 0 Å². The third-order valence-corrected chi connectivity index (χ3v) is 5.06. The predicted octanol–water partition coefficient (Wildman–Crippen LogP) is 4.04. The summed E-state index contributed by atoms with van der Waals surface area (Å²) in [5, 5.41) is 2.77. The molecule has 31 heavy (non-hydrogen) atoms. The molecule has 6 heteroatoms. The predicted molar refractivity (Wildman–Crippen MR) is 117 cm³/mol. The number of hydrogen-bond acceptors (Lipinski definition) is 4. The normalized spacial score (nSPS) is 19.1. The van der Waals surface area contributed by atoms with Crippen molar-refractivity contribution in [2.24, 2.45) is 0 Å². The molecular formula is C25H24N2O4. The second kappa shape index (κ2) is 9.45. The van der Waals surface area contributed by atoms with Crippen molar-refractivity contribution in [2.45, 2.75) is 19.1 Å². The van der Waals surface area contributed by atoms with Gasteiger partial charge in [0.2, 0.25) is 0 Å². The topological polar surface area (TPSA) is 71.8 Å². The molecular weight excluding hydrogens is 392 g/mol. The maximum atomic E-state index is 13.5. The van der Waals surface area contributed by atoms with Gasteiger partial charge >= 0.3 is 0 Å². The summed E-state index contributed by atoms with van der Waals surface area (Å²) < 4.78 is 11.4. The van der Waals surface area contributed by atoms with Crippen molar-refractivity contribution in [3.8, 4) is 0 Å². The monoisotopic (exact) mass is 416 g/mol. The largest absolute Gasteiger partial charge is 0.465 e. The Balaban J connectivity index is 1.58. The second-order valence-electron chi connectivity index (χ2n) is 7.45. The summed E-state index contributed by atoms with van der Waals surface area (Å²) in [4.78, 5) is 27.9. The highest BCUT2D eigenvalue weighted by Crippen LogP contribution is 2.26. The van der Waals surface area contributed by atoms with Gasteiger partial charge in [0.25, 0.3) is 11.8 Å². The van der Waals surface area contributed by atoms with Gasteiger partial charge in [-0.15, -0.1) is 0 Å². The van der Waals surface area contributed by atoms with Gasteiger partial charge in [0.05, 0.1) is 18.9 Å². The summed E-state index contributed by atoms with van der Waals surface area (Å²) in [5.74, 6) is -0.151. The van der Waals surface area contributed by atoms with Crippen LogP contribution in [-0.4, -0.2) is 35.9 Å². The molecule has 1 fully saturated rings. The van der Waals surface area contributed by atoms with E-state index >= 15 is 0 Å². The molecule has 158 valence electrons. The maximum absolute atomic E-state index is 13.5. The number of morpholine rings is 1. The van der Waals surface area contributed by atoms with E-state index in [1.165, 1.54) is 6.26 Å². The number of nitrogens with one attached hydrogen (secondary N) is 1. The first-order valence-electron chi connectivity index (χ1n) is 10.2. The number of carbonyl (C=O) groups is 2. The quantitative estimate of drug-likeness (QED) is 0.637. The highest BCUT2D eigenvalue weighted by molar-refractivity contribution is 6.05. The van der Waals surface area contributed by atoms with E-state index in [0.29, 0.717) is 24.4 Å². The van der Waals surface area contributed by atoms with Crippen molar-refractivity contribution in [3.05, 3.63) is 102 Å². The van der Waals surface area contributed by atoms with Crippen molar-refractivity contribution in [3.63, 3.8) is 0 Å². The van der Waals surface area contributed by atoms with Crippen molar-refractivity contribution in [2.75, 3.05) is 13.1 Å². The number of rotatable bonds is 5. The molecule has 2 unspecified atom stereocenters. The SMILES string of the molecule is CC1CN(C(=O)/C(=C/c2ccco2)NC(=O)c2ccccc2)CC(c2ccccc2)O1. The Bertz CT molecular complexity index is 1050. The number of furan rings is 1. The summed E-state index contributed by atoms with van der Waals surface area (Å²) in [5.41, 5.74) is 1.64. The molecule has 2 atom stereocenters. The molecule has 1 aliphatic heterocycles. The van der Waals surface area contributed by atoms with E-state index in [2.05, 4.69) is 5.32 Å². The van der Waals surface area contributed by atoms with E-state index < -0.39 is 0 Å². The number of benzene rings is 2. The lowest BCUT2D eigenvalue weighted by Crippen LogP contribution is -2.48. The molecule has 1 aliphatic rings. The van der Waals surface area contributed by atoms with Crippen LogP contribution in [0.2, 0.25) is 0 Å². The Hall–Kier alpha value is -3.64. The van der Waals surface area contributed by atoms with Gasteiger partial charge in [0.15, 0.2) is 0 Å². The molecule has 0 spiro atoms. The zero-order chi connectivity index (χ0) is 21.6. The van der Waals surface area contributed by atoms with Crippen LogP contribution in [0.15, 0.2) is 89.2 Å². The molecule has 1 N–H and O–H groups in total. The van der Waals surface area contributed by atoms with Crippen molar-refractivity contribution in [1.82, 2.24) is 10.2 Å². The first-order chi connectivity index (χ1) is 15.1. The lowest BCUT2D eigenvalue weighted by Gasteiger charge is -2.37. The molecule has 0 bridgehead atoms. The van der Waals surface area contributed by atoms with Gasteiger partial charge in [-0.3, -0.25) is 9.59 Å². The van der Waals surface area contributed by atoms with Gasteiger partial charge in [-0.1, -0.05) is 48.5 Å². The average Bonchev–Trinajstić information content (AvgIpc) is 3.32. The first-order valence-corrected chi connectivity index (χ1v) is 10.2. The highest BCUT2D eigenvalue weighted by Gasteiger charge is 2.31. The maximum Gasteiger partial charge on any atom is 0.270 e. The molecule has 0 saturated carbocycles. The number of amides is 2. The summed E-state index contributed by atoms with van der Waals surface area (Å²) in [6.45, 7) is 2.76. The Kier molecular flexibility index (Phi) is 6.29. The van der Waals surface area contributed by atoms with E-state index in [4.69, 9.17) is 9.15 Å². The molecule has 6 nitrogen and oxygen atoms in total. The Morgan fingerprint density at radius 1 is 0.968 bits per heavy atom. The van der Waals surface area contributed by atoms with Gasteiger partial charge in [0.1, 0.15) is 17.6 Å². The van der Waals surface area contributed by atoms with Crippen LogP contribution in [0.5, 0.6) is 0 Å². The highest BCUT2D eigenvalue weighted by atomic mass is 16.5. The molecule has 4 rings (SSSR count). The number of ether oxygens (including phenoxy) is 1. The fraction of sp³-hybridized carbons (Fsp3) is 0.200. The van der Waals surface area contributed by atoms with Gasteiger partial charge in [-0.25, -0.2) is 0 Å². The van der Waals surface area contributed by atoms with Crippen LogP contribution in [0.4, 0.5) is 0 Å². The molecule has 1 aromatic heterocycles. The van der Waals surface area contributed by atoms with Crippen LogP contribution in [0, 0.1) is 0 Å². The van der Waals surface area contributed by atoms with E-state index in [0.717, 1.165) is 5.56 Å². The van der Waals surface area contributed by atoms with Crippen molar-refractivity contribution >= 4 is 17.9 Å². The summed E-state index contributed by atoms with van der Waals surface area (Å²) >= 11 is 0. The van der Waals surface area contributed by atoms with E-state index in [9.17, 15) is 9.59 Å². The minimum atomic E-state index is -0.354. The molecule has 2 heterocycles. The van der Waals surface area contributed by atoms with E-state index in [1.54, 1.807) is 47.4 Å². The van der Waals surface area contributed by atoms with Crippen LogP contribution in [0.25, 0.3) is 6.08 Å². The lowest BCUT2D eigenvalue weighted by atomic mass is 10.1. The molecule has 3 aromatic rings. The number of hydrogen-bond donors (Lipinski definition) is 1. The van der Waals surface area contributed by atoms with Crippen molar-refractivity contribution in [1.29, 1.82) is 0 Å². The Morgan fingerprint density at radius 2 is 1.68 bits per heavy atom. The first kappa shape index (κ1) is 20.6. The van der Waals surface area contributed by atoms with Gasteiger partial charge < -0.3 is 19.4 Å². The summed E-state index contributed by atoms with van der Waals surface area (Å²) in [7, 11) is 0. The molecule has 0 aliphatic carbocycles. The fourth-order valence-electron chi connectivity index (χ4n) is 3.59. The minimum Gasteiger partial charge on any atom is -0.465 e. The van der Waals surface area contributed by atoms with Crippen molar-refractivity contribution < 1.29 is 18.7 Å². The zero-order valence-corrected chi connectivity index (χ0v) is 17.2. The van der Waals surface area contributed by atoms with Gasteiger partial charge in [-0.2, -0.15) is 0 Å². The second-order valence-corrected chi connectivity index (χ2v) is 7.45. The molecule has 1 saturated heterocycles. The number of carbonyl (C=O) groups excluding carboxylic acids is 2. The number of nitrogens with zero attached hydrogens (tertiary/aromatic N) is 1. The minimum absolute atomic E-state index is 0.141. The van der Waals surface area contributed by atoms with Crippen LogP contribution in [0.1, 0.15) is 34.7 Å². The van der Waals surface area contributed by atoms with Gasteiger partial charge in [0, 0.05) is 18.2 Å². The third kappa shape index (κ3) is 5.10. The van der Waals surface area contributed by atoms with Crippen LogP contribution < -0.4 is 5.32 Å². The van der Waals surface area contributed by atoms with E-state index in [-0.39, 0.29) is 29.7 Å². The van der Waals surface area contributed by atoms with Crippen LogP contribution in [-0.2, 0) is 9.53 Å². The average molecular weight is 416 g/mol. The lowest BCUT2D eigenvalue weighted by molar-refractivity contribution is -0.141. The van der Waals surface area contributed by atoms with Gasteiger partial charge in [-0.05, 0) is 36.8 Å². The fourth-order valence-corrected chi connectivity index (χ4v) is 3.59. The van der Waals surface area contributed by atoms with E-state index in [1.807, 2.05) is 43.3 Å². The standard InChI is InChI=1S/C25H24N2O4/c1-18-16-27(17-23(31-18)19-9-4-2-5-10-19)25(29)22(15-21-13-8-14-30-21)26-24(28)20-11-6-3-7-12-20/h2-15,18,23H,16-17H2,1H3,(H,26,28)/b22-15-. The molecule has 2 aromatic carbocycles. The molecule has 0 radical (unpaired) electrons. The molecule has 2 amide bonds. The summed E-state index contributed by atoms with van der Waals surface area (Å²) in [6.07, 6.45) is 2.71. The Morgan fingerprint density at radius 3 is 2.35 bits per heavy atom.